The van der Waals surface area contributed by atoms with Crippen molar-refractivity contribution in [3.05, 3.63) is 63.9 Å². The average Bonchev–Trinajstić information content (AvgIpc) is 2.98. The first-order chi connectivity index (χ1) is 11.2. The molecule has 0 spiro atoms. The van der Waals surface area contributed by atoms with Crippen LogP contribution in [0.25, 0.3) is 0 Å². The standard InChI is InChI=1S/C16H14ClN3OS2/c1-11-19-20-16(23-11)22-10-13-7-14(17)4-5-15(13)21-9-12-3-2-6-18-8-12/h2-8H,9-10H2,1H3. The van der Waals surface area contributed by atoms with Crippen LogP contribution in [0.2, 0.25) is 5.02 Å². The van der Waals surface area contributed by atoms with E-state index in [2.05, 4.69) is 15.2 Å². The van der Waals surface area contributed by atoms with Gasteiger partial charge < -0.3 is 4.74 Å². The molecule has 118 valence electrons. The highest BCUT2D eigenvalue weighted by Gasteiger charge is 2.08. The van der Waals surface area contributed by atoms with E-state index in [0.29, 0.717) is 11.6 Å². The Morgan fingerprint density at radius 2 is 2.17 bits per heavy atom. The largest absolute Gasteiger partial charge is 0.489 e. The monoisotopic (exact) mass is 363 g/mol. The van der Waals surface area contributed by atoms with Gasteiger partial charge in [0, 0.05) is 34.3 Å². The van der Waals surface area contributed by atoms with E-state index in [1.807, 2.05) is 37.3 Å². The Bertz CT molecular complexity index is 780. The van der Waals surface area contributed by atoms with Crippen LogP contribution in [-0.2, 0) is 12.4 Å². The van der Waals surface area contributed by atoms with E-state index in [1.54, 1.807) is 35.5 Å². The maximum Gasteiger partial charge on any atom is 0.174 e. The molecule has 2 heterocycles. The molecule has 1 aromatic carbocycles. The van der Waals surface area contributed by atoms with E-state index in [1.165, 1.54) is 0 Å². The molecule has 4 nitrogen and oxygen atoms in total. The summed E-state index contributed by atoms with van der Waals surface area (Å²) < 4.78 is 6.87. The highest BCUT2D eigenvalue weighted by molar-refractivity contribution is 8.00. The highest BCUT2D eigenvalue weighted by Crippen LogP contribution is 2.31. The van der Waals surface area contributed by atoms with Gasteiger partial charge in [-0.15, -0.1) is 10.2 Å². The minimum atomic E-state index is 0.477. The molecule has 0 atom stereocenters. The summed E-state index contributed by atoms with van der Waals surface area (Å²) in [6, 6.07) is 9.56. The Labute approximate surface area is 147 Å². The summed E-state index contributed by atoms with van der Waals surface area (Å²) in [6.45, 7) is 2.43. The Balaban J connectivity index is 1.69. The van der Waals surface area contributed by atoms with E-state index in [-0.39, 0.29) is 0 Å². The second-order valence-corrected chi connectivity index (χ2v) is 7.62. The Morgan fingerprint density at radius 1 is 1.26 bits per heavy atom. The van der Waals surface area contributed by atoms with Crippen molar-refractivity contribution in [3.63, 3.8) is 0 Å². The third-order valence-electron chi connectivity index (χ3n) is 3.00. The van der Waals surface area contributed by atoms with Crippen molar-refractivity contribution in [1.82, 2.24) is 15.2 Å². The lowest BCUT2D eigenvalue weighted by Crippen LogP contribution is -1.98. The fourth-order valence-electron chi connectivity index (χ4n) is 1.92. The second-order valence-electron chi connectivity index (χ2n) is 4.78. The van der Waals surface area contributed by atoms with Gasteiger partial charge in [0.1, 0.15) is 17.4 Å². The smallest absolute Gasteiger partial charge is 0.174 e. The molecule has 23 heavy (non-hydrogen) atoms. The lowest BCUT2D eigenvalue weighted by Gasteiger charge is -2.11. The number of pyridine rings is 1. The zero-order chi connectivity index (χ0) is 16.1. The second kappa shape index (κ2) is 7.77. The Morgan fingerprint density at radius 3 is 2.91 bits per heavy atom. The van der Waals surface area contributed by atoms with E-state index in [9.17, 15) is 0 Å². The first kappa shape index (κ1) is 16.2. The number of aryl methyl sites for hydroxylation is 1. The van der Waals surface area contributed by atoms with E-state index < -0.39 is 0 Å². The molecule has 0 radical (unpaired) electrons. The number of thioether (sulfide) groups is 1. The maximum absolute atomic E-state index is 6.12. The normalized spacial score (nSPS) is 10.7. The number of hydrogen-bond donors (Lipinski definition) is 0. The molecule has 0 unspecified atom stereocenters. The van der Waals surface area contributed by atoms with Crippen LogP contribution in [0.4, 0.5) is 0 Å². The fraction of sp³-hybridized carbons (Fsp3) is 0.188. The third-order valence-corrected chi connectivity index (χ3v) is 5.25. The van der Waals surface area contributed by atoms with Gasteiger partial charge in [-0.1, -0.05) is 40.8 Å². The summed E-state index contributed by atoms with van der Waals surface area (Å²) in [5, 5.41) is 9.82. The van der Waals surface area contributed by atoms with E-state index in [4.69, 9.17) is 16.3 Å². The van der Waals surface area contributed by atoms with Gasteiger partial charge in [-0.05, 0) is 31.2 Å². The van der Waals surface area contributed by atoms with Crippen molar-refractivity contribution >= 4 is 34.7 Å². The zero-order valence-electron chi connectivity index (χ0n) is 12.4. The van der Waals surface area contributed by atoms with Crippen molar-refractivity contribution in [2.24, 2.45) is 0 Å². The summed E-state index contributed by atoms with van der Waals surface area (Å²) in [5.74, 6) is 1.56. The van der Waals surface area contributed by atoms with Crippen LogP contribution in [-0.4, -0.2) is 15.2 Å². The summed E-state index contributed by atoms with van der Waals surface area (Å²) >= 11 is 9.34. The topological polar surface area (TPSA) is 47.9 Å². The van der Waals surface area contributed by atoms with Gasteiger partial charge in [-0.3, -0.25) is 4.98 Å². The zero-order valence-corrected chi connectivity index (χ0v) is 14.8. The molecular formula is C16H14ClN3OS2. The first-order valence-electron chi connectivity index (χ1n) is 6.94. The van der Waals surface area contributed by atoms with Crippen molar-refractivity contribution in [1.29, 1.82) is 0 Å². The summed E-state index contributed by atoms with van der Waals surface area (Å²) in [4.78, 5) is 4.09. The van der Waals surface area contributed by atoms with Gasteiger partial charge in [0.15, 0.2) is 4.34 Å². The average molecular weight is 364 g/mol. The van der Waals surface area contributed by atoms with E-state index in [0.717, 1.165) is 32.0 Å². The summed E-state index contributed by atoms with van der Waals surface area (Å²) in [7, 11) is 0. The van der Waals surface area contributed by atoms with Crippen LogP contribution in [0.1, 0.15) is 16.1 Å². The predicted octanol–water partition coefficient (Wildman–Crippen LogP) is 4.77. The van der Waals surface area contributed by atoms with Crippen molar-refractivity contribution < 1.29 is 4.74 Å². The molecule has 3 rings (SSSR count). The van der Waals surface area contributed by atoms with Crippen LogP contribution in [0, 0.1) is 6.92 Å². The molecule has 0 fully saturated rings. The lowest BCUT2D eigenvalue weighted by molar-refractivity contribution is 0.303. The van der Waals surface area contributed by atoms with Crippen molar-refractivity contribution in [2.75, 3.05) is 0 Å². The first-order valence-corrected chi connectivity index (χ1v) is 9.12. The van der Waals surface area contributed by atoms with Crippen LogP contribution >= 0.6 is 34.7 Å². The van der Waals surface area contributed by atoms with Crippen LogP contribution in [0.5, 0.6) is 5.75 Å². The van der Waals surface area contributed by atoms with Crippen LogP contribution in [0.15, 0.2) is 47.1 Å². The highest BCUT2D eigenvalue weighted by atomic mass is 35.5. The molecule has 3 aromatic rings. The van der Waals surface area contributed by atoms with Crippen molar-refractivity contribution in [3.8, 4) is 5.75 Å². The molecule has 0 aliphatic carbocycles. The van der Waals surface area contributed by atoms with Crippen LogP contribution < -0.4 is 4.74 Å². The minimum absolute atomic E-state index is 0.477. The summed E-state index contributed by atoms with van der Waals surface area (Å²) in [6.07, 6.45) is 3.55. The molecule has 0 saturated heterocycles. The molecule has 0 N–H and O–H groups in total. The maximum atomic E-state index is 6.12. The van der Waals surface area contributed by atoms with Crippen molar-refractivity contribution in [2.45, 2.75) is 23.6 Å². The predicted molar refractivity (Wildman–Crippen MR) is 94.2 cm³/mol. The van der Waals surface area contributed by atoms with Gasteiger partial charge in [0.05, 0.1) is 0 Å². The number of nitrogens with zero attached hydrogens (tertiary/aromatic N) is 3. The van der Waals surface area contributed by atoms with Gasteiger partial charge in [0.2, 0.25) is 0 Å². The number of halogens is 1. The number of benzene rings is 1. The van der Waals surface area contributed by atoms with Gasteiger partial charge >= 0.3 is 0 Å². The van der Waals surface area contributed by atoms with E-state index >= 15 is 0 Å². The SMILES string of the molecule is Cc1nnc(SCc2cc(Cl)ccc2OCc2cccnc2)s1. The Hall–Kier alpha value is -1.63. The number of ether oxygens (including phenoxy) is 1. The third kappa shape index (κ3) is 4.67. The molecule has 0 aliphatic rings. The van der Waals surface area contributed by atoms with Crippen LogP contribution in [0.3, 0.4) is 0 Å². The molecule has 0 aliphatic heterocycles. The summed E-state index contributed by atoms with van der Waals surface area (Å²) in [5.41, 5.74) is 2.07. The quantitative estimate of drug-likeness (QED) is 0.590. The van der Waals surface area contributed by atoms with Gasteiger partial charge in [-0.2, -0.15) is 0 Å². The lowest BCUT2D eigenvalue weighted by atomic mass is 10.2. The van der Waals surface area contributed by atoms with Gasteiger partial charge in [0.25, 0.3) is 0 Å². The molecule has 0 saturated carbocycles. The molecule has 0 bridgehead atoms. The number of aromatic nitrogens is 3. The molecular weight excluding hydrogens is 350 g/mol. The molecule has 0 amide bonds. The fourth-order valence-corrected chi connectivity index (χ4v) is 3.91. The minimum Gasteiger partial charge on any atom is -0.489 e. The molecule has 7 heteroatoms. The number of rotatable bonds is 6. The van der Waals surface area contributed by atoms with Gasteiger partial charge in [-0.25, -0.2) is 0 Å². The number of hydrogen-bond acceptors (Lipinski definition) is 6. The molecule has 2 aromatic heterocycles. The Kier molecular flexibility index (Phi) is 5.48.